The van der Waals surface area contributed by atoms with Crippen molar-refractivity contribution in [2.75, 3.05) is 20.8 Å². The number of benzene rings is 2. The molecule has 0 atom stereocenters. The predicted octanol–water partition coefficient (Wildman–Crippen LogP) is 4.98. The first-order valence-corrected chi connectivity index (χ1v) is 10.9. The van der Waals surface area contributed by atoms with Crippen LogP contribution in [0.5, 0.6) is 5.75 Å². The quantitative estimate of drug-likeness (QED) is 0.245. The Morgan fingerprint density at radius 1 is 1.10 bits per heavy atom. The maximum absolute atomic E-state index is 12.2. The average Bonchev–Trinajstić information content (AvgIpc) is 3.61. The van der Waals surface area contributed by atoms with Crippen molar-refractivity contribution in [1.29, 1.82) is 0 Å². The van der Waals surface area contributed by atoms with E-state index in [1.165, 1.54) is 14.2 Å². The number of hydrogen-bond donors (Lipinski definition) is 0. The molecule has 1 aliphatic rings. The van der Waals surface area contributed by atoms with Gasteiger partial charge in [-0.15, -0.1) is 11.8 Å². The first-order valence-electron chi connectivity index (χ1n) is 9.88. The Kier molecular flexibility index (Phi) is 7.90. The van der Waals surface area contributed by atoms with Crippen LogP contribution in [0.15, 0.2) is 58.7 Å². The Morgan fingerprint density at radius 3 is 2.47 bits per heavy atom. The molecule has 0 spiro atoms. The lowest BCUT2D eigenvalue weighted by molar-refractivity contribution is -0.132. The topological polar surface area (TPSA) is 69.5 Å². The predicted molar refractivity (Wildman–Crippen MR) is 121 cm³/mol. The van der Waals surface area contributed by atoms with Gasteiger partial charge < -0.3 is 14.3 Å². The molecule has 7 heteroatoms. The minimum absolute atomic E-state index is 0.160. The molecule has 6 nitrogen and oxygen atoms in total. The van der Waals surface area contributed by atoms with Gasteiger partial charge in [0, 0.05) is 17.2 Å². The summed E-state index contributed by atoms with van der Waals surface area (Å²) in [4.78, 5) is 21.9. The number of methoxy groups -OCH3 is 1. The number of rotatable bonds is 9. The first kappa shape index (κ1) is 21.9. The molecule has 0 N–H and O–H groups in total. The van der Waals surface area contributed by atoms with Crippen molar-refractivity contribution in [3.8, 4) is 5.75 Å². The van der Waals surface area contributed by atoms with Gasteiger partial charge in [0.15, 0.2) is 5.71 Å². The highest BCUT2D eigenvalue weighted by Gasteiger charge is 2.28. The van der Waals surface area contributed by atoms with E-state index in [2.05, 4.69) is 5.16 Å². The highest BCUT2D eigenvalue weighted by molar-refractivity contribution is 8.13. The number of hydrogen-bond acceptors (Lipinski definition) is 7. The van der Waals surface area contributed by atoms with Crippen LogP contribution < -0.4 is 4.74 Å². The fourth-order valence-electron chi connectivity index (χ4n) is 2.90. The van der Waals surface area contributed by atoms with Gasteiger partial charge in [-0.05, 0) is 49.6 Å². The molecule has 1 aliphatic carbocycles. The molecule has 1 fully saturated rings. The van der Waals surface area contributed by atoms with Gasteiger partial charge in [0.2, 0.25) is 0 Å². The van der Waals surface area contributed by atoms with Crippen molar-refractivity contribution >= 4 is 34.2 Å². The molecule has 0 amide bonds. The molecular weight excluding hydrogens is 400 g/mol. The van der Waals surface area contributed by atoms with Gasteiger partial charge in [-0.2, -0.15) is 0 Å². The zero-order chi connectivity index (χ0) is 21.3. The maximum Gasteiger partial charge on any atom is 0.360 e. The molecule has 0 unspecified atom stereocenters. The summed E-state index contributed by atoms with van der Waals surface area (Å²) in [7, 11) is 2.74. The van der Waals surface area contributed by atoms with Crippen molar-refractivity contribution in [2.45, 2.75) is 25.5 Å². The Bertz CT molecular complexity index is 921. The molecule has 0 heterocycles. The minimum Gasteiger partial charge on any atom is -0.494 e. The lowest BCUT2D eigenvalue weighted by Gasteiger charge is -2.11. The summed E-state index contributed by atoms with van der Waals surface area (Å²) in [5.74, 6) is 1.49. The second-order valence-electron chi connectivity index (χ2n) is 6.71. The zero-order valence-corrected chi connectivity index (χ0v) is 18.3. The standard InChI is InChI=1S/C23H26N2O4S/c1-4-29-19-13-11-18(12-14-19)24-22(16-9-10-16)30-15-17-7-5-6-8-20(17)21(25-28-3)23(26)27-2/h5-8,11-14,16H,4,9-10,15H2,1-3H3/b24-22?,25-21-. The maximum atomic E-state index is 12.2. The monoisotopic (exact) mass is 426 g/mol. The molecule has 158 valence electrons. The molecule has 0 bridgehead atoms. The highest BCUT2D eigenvalue weighted by Crippen LogP contribution is 2.38. The molecule has 1 saturated carbocycles. The lowest BCUT2D eigenvalue weighted by atomic mass is 10.0. The molecule has 30 heavy (non-hydrogen) atoms. The Morgan fingerprint density at radius 2 is 1.83 bits per heavy atom. The van der Waals surface area contributed by atoms with Crippen molar-refractivity contribution in [3.05, 3.63) is 59.7 Å². The van der Waals surface area contributed by atoms with Gasteiger partial charge in [-0.25, -0.2) is 9.79 Å². The fraction of sp³-hybridized carbons (Fsp3) is 0.348. The van der Waals surface area contributed by atoms with E-state index in [1.54, 1.807) is 11.8 Å². The van der Waals surface area contributed by atoms with E-state index in [0.717, 1.165) is 34.9 Å². The Labute approximate surface area is 181 Å². The Hall–Kier alpha value is -2.80. The van der Waals surface area contributed by atoms with Crippen LogP contribution in [0.25, 0.3) is 0 Å². The van der Waals surface area contributed by atoms with Crippen LogP contribution in [0, 0.1) is 5.92 Å². The third-order valence-corrected chi connectivity index (χ3v) is 5.70. The van der Waals surface area contributed by atoms with E-state index in [1.807, 2.05) is 55.5 Å². The van der Waals surface area contributed by atoms with Crippen molar-refractivity contribution in [2.24, 2.45) is 16.1 Å². The Balaban J connectivity index is 1.79. The lowest BCUT2D eigenvalue weighted by Crippen LogP contribution is -2.19. The van der Waals surface area contributed by atoms with E-state index in [0.29, 0.717) is 23.8 Å². The van der Waals surface area contributed by atoms with Crippen LogP contribution in [0.1, 0.15) is 30.9 Å². The summed E-state index contributed by atoms with van der Waals surface area (Å²) in [5, 5.41) is 4.99. The zero-order valence-electron chi connectivity index (χ0n) is 17.5. The van der Waals surface area contributed by atoms with Crippen LogP contribution in [-0.4, -0.2) is 37.6 Å². The summed E-state index contributed by atoms with van der Waals surface area (Å²) in [5.41, 5.74) is 2.75. The third kappa shape index (κ3) is 5.86. The molecule has 2 aromatic carbocycles. The van der Waals surface area contributed by atoms with E-state index in [-0.39, 0.29) is 5.71 Å². The first-order chi connectivity index (χ1) is 14.7. The van der Waals surface area contributed by atoms with Crippen LogP contribution in [0.4, 0.5) is 5.69 Å². The third-order valence-electron chi connectivity index (χ3n) is 4.52. The largest absolute Gasteiger partial charge is 0.494 e. The molecule has 0 radical (unpaired) electrons. The van der Waals surface area contributed by atoms with Crippen LogP contribution >= 0.6 is 11.8 Å². The number of ether oxygens (including phenoxy) is 2. The van der Waals surface area contributed by atoms with E-state index < -0.39 is 5.97 Å². The summed E-state index contributed by atoms with van der Waals surface area (Å²) in [6.45, 7) is 2.61. The summed E-state index contributed by atoms with van der Waals surface area (Å²) < 4.78 is 10.4. The molecule has 2 aromatic rings. The fourth-order valence-corrected chi connectivity index (χ4v) is 4.09. The van der Waals surface area contributed by atoms with E-state index >= 15 is 0 Å². The van der Waals surface area contributed by atoms with Crippen molar-refractivity contribution < 1.29 is 19.1 Å². The van der Waals surface area contributed by atoms with Gasteiger partial charge in [0.05, 0.1) is 24.4 Å². The number of carbonyl (C=O) groups excluding carboxylic acids is 1. The summed E-state index contributed by atoms with van der Waals surface area (Å²) in [6, 6.07) is 15.5. The number of nitrogens with zero attached hydrogens (tertiary/aromatic N) is 2. The number of carbonyl (C=O) groups is 1. The van der Waals surface area contributed by atoms with Crippen molar-refractivity contribution in [3.63, 3.8) is 0 Å². The smallest absolute Gasteiger partial charge is 0.360 e. The van der Waals surface area contributed by atoms with Gasteiger partial charge in [-0.3, -0.25) is 0 Å². The number of oxime groups is 1. The van der Waals surface area contributed by atoms with E-state index in [9.17, 15) is 4.79 Å². The number of esters is 1. The number of aliphatic imine (C=N–C) groups is 1. The molecule has 0 aromatic heterocycles. The average molecular weight is 427 g/mol. The van der Waals surface area contributed by atoms with E-state index in [4.69, 9.17) is 19.3 Å². The van der Waals surface area contributed by atoms with Crippen LogP contribution in [0.2, 0.25) is 0 Å². The normalized spacial score (nSPS) is 14.4. The second kappa shape index (κ2) is 10.8. The van der Waals surface area contributed by atoms with Gasteiger partial charge in [0.25, 0.3) is 0 Å². The molecule has 0 saturated heterocycles. The van der Waals surface area contributed by atoms with Gasteiger partial charge in [-0.1, -0.05) is 29.4 Å². The summed E-state index contributed by atoms with van der Waals surface area (Å²) >= 11 is 1.69. The second-order valence-corrected chi connectivity index (χ2v) is 7.71. The number of thioether (sulfide) groups is 1. The van der Waals surface area contributed by atoms with Crippen LogP contribution in [-0.2, 0) is 20.1 Å². The minimum atomic E-state index is -0.528. The van der Waals surface area contributed by atoms with Gasteiger partial charge in [0.1, 0.15) is 12.9 Å². The summed E-state index contributed by atoms with van der Waals surface area (Å²) in [6.07, 6.45) is 2.31. The SMILES string of the molecule is CCOc1ccc(N=C(SCc2ccccc2/C(=N/OC)C(=O)OC)C2CC2)cc1. The van der Waals surface area contributed by atoms with Crippen LogP contribution in [0.3, 0.4) is 0 Å². The molecule has 3 rings (SSSR count). The molecular formula is C23H26N2O4S. The van der Waals surface area contributed by atoms with Gasteiger partial charge >= 0.3 is 5.97 Å². The highest BCUT2D eigenvalue weighted by atomic mass is 32.2. The molecule has 0 aliphatic heterocycles. The van der Waals surface area contributed by atoms with Crippen molar-refractivity contribution in [1.82, 2.24) is 0 Å².